The summed E-state index contributed by atoms with van der Waals surface area (Å²) in [5, 5.41) is 9.13. The van der Waals surface area contributed by atoms with Crippen LogP contribution in [0.3, 0.4) is 0 Å². The second-order valence-electron chi connectivity index (χ2n) is 6.09. The number of aliphatic carboxylic acids is 1. The van der Waals surface area contributed by atoms with Gasteiger partial charge in [0.25, 0.3) is 0 Å². The standard InChI is InChI=1S/C12H26O4Si/c1-9(2)15-8-10(11(13)14)16-17(6,7)12(3,4)5/h9-10H,8H2,1-7H3,(H,13,14)/t10-/m0/s1. The molecule has 0 fully saturated rings. The zero-order chi connectivity index (χ0) is 13.9. The first kappa shape index (κ1) is 16.6. The van der Waals surface area contributed by atoms with E-state index in [0.29, 0.717) is 0 Å². The molecule has 0 rings (SSSR count). The number of ether oxygens (including phenoxy) is 1. The summed E-state index contributed by atoms with van der Waals surface area (Å²) in [6, 6.07) is 0. The molecule has 0 saturated carbocycles. The van der Waals surface area contributed by atoms with Crippen LogP contribution in [0, 0.1) is 0 Å². The van der Waals surface area contributed by atoms with Crippen molar-refractivity contribution < 1.29 is 19.1 Å². The molecule has 0 bridgehead atoms. The molecule has 0 aliphatic heterocycles. The van der Waals surface area contributed by atoms with Crippen molar-refractivity contribution in [3.63, 3.8) is 0 Å². The third-order valence-corrected chi connectivity index (χ3v) is 7.59. The van der Waals surface area contributed by atoms with Crippen LogP contribution in [0.25, 0.3) is 0 Å². The SMILES string of the molecule is CC(C)OC[C@H](O[Si](C)(C)C(C)(C)C)C(=O)O. The van der Waals surface area contributed by atoms with Crippen LogP contribution in [0.15, 0.2) is 0 Å². The van der Waals surface area contributed by atoms with Crippen molar-refractivity contribution in [2.45, 2.75) is 65.0 Å². The van der Waals surface area contributed by atoms with Crippen molar-refractivity contribution in [2.75, 3.05) is 6.61 Å². The van der Waals surface area contributed by atoms with Gasteiger partial charge in [-0.1, -0.05) is 20.8 Å². The molecule has 0 aromatic rings. The Morgan fingerprint density at radius 3 is 2.06 bits per heavy atom. The molecule has 0 heterocycles. The van der Waals surface area contributed by atoms with Crippen molar-refractivity contribution in [3.8, 4) is 0 Å². The zero-order valence-electron chi connectivity index (χ0n) is 12.0. The summed E-state index contributed by atoms with van der Waals surface area (Å²) < 4.78 is 11.2. The molecule has 0 aromatic carbocycles. The smallest absolute Gasteiger partial charge is 0.334 e. The third kappa shape index (κ3) is 5.65. The second-order valence-corrected chi connectivity index (χ2v) is 10.8. The van der Waals surface area contributed by atoms with Gasteiger partial charge in [-0.25, -0.2) is 4.79 Å². The Labute approximate surface area is 105 Å². The number of hydrogen-bond acceptors (Lipinski definition) is 3. The van der Waals surface area contributed by atoms with E-state index in [1.54, 1.807) is 0 Å². The lowest BCUT2D eigenvalue weighted by atomic mass is 10.2. The molecular weight excluding hydrogens is 236 g/mol. The van der Waals surface area contributed by atoms with Gasteiger partial charge in [0.15, 0.2) is 14.4 Å². The van der Waals surface area contributed by atoms with Gasteiger partial charge in [0.05, 0.1) is 12.7 Å². The molecule has 0 radical (unpaired) electrons. The highest BCUT2D eigenvalue weighted by molar-refractivity contribution is 6.74. The average Bonchev–Trinajstić information content (AvgIpc) is 2.09. The van der Waals surface area contributed by atoms with Crippen molar-refractivity contribution in [2.24, 2.45) is 0 Å². The quantitative estimate of drug-likeness (QED) is 0.748. The van der Waals surface area contributed by atoms with E-state index in [1.165, 1.54) is 0 Å². The maximum absolute atomic E-state index is 11.1. The summed E-state index contributed by atoms with van der Waals surface area (Å²) in [5.74, 6) is -0.949. The lowest BCUT2D eigenvalue weighted by Crippen LogP contribution is -2.47. The molecule has 0 amide bonds. The first-order valence-electron chi connectivity index (χ1n) is 5.99. The molecule has 0 aliphatic rings. The van der Waals surface area contributed by atoms with Crippen molar-refractivity contribution >= 4 is 14.3 Å². The Morgan fingerprint density at radius 2 is 1.76 bits per heavy atom. The largest absolute Gasteiger partial charge is 0.479 e. The second kappa shape index (κ2) is 5.98. The van der Waals surface area contributed by atoms with Crippen LogP contribution in [-0.2, 0) is 14.0 Å². The first-order chi connectivity index (χ1) is 7.47. The topological polar surface area (TPSA) is 55.8 Å². The van der Waals surface area contributed by atoms with Crippen LogP contribution >= 0.6 is 0 Å². The predicted octanol–water partition coefficient (Wildman–Crippen LogP) is 2.89. The van der Waals surface area contributed by atoms with E-state index in [2.05, 4.69) is 20.8 Å². The van der Waals surface area contributed by atoms with E-state index in [9.17, 15) is 4.79 Å². The Balaban J connectivity index is 4.60. The summed E-state index contributed by atoms with van der Waals surface area (Å²) in [4.78, 5) is 11.1. The number of rotatable bonds is 6. The minimum Gasteiger partial charge on any atom is -0.479 e. The van der Waals surface area contributed by atoms with Gasteiger partial charge in [-0.05, 0) is 32.0 Å². The molecule has 0 saturated heterocycles. The number of carboxylic acid groups (broad SMARTS) is 1. The number of carboxylic acids is 1. The minimum atomic E-state index is -2.06. The van der Waals surface area contributed by atoms with Crippen LogP contribution in [0.4, 0.5) is 0 Å². The highest BCUT2D eigenvalue weighted by Crippen LogP contribution is 2.37. The predicted molar refractivity (Wildman–Crippen MR) is 70.8 cm³/mol. The molecule has 0 aromatic heterocycles. The average molecular weight is 262 g/mol. The Hall–Kier alpha value is -0.393. The molecule has 5 heteroatoms. The fraction of sp³-hybridized carbons (Fsp3) is 0.917. The number of hydrogen-bond donors (Lipinski definition) is 1. The van der Waals surface area contributed by atoms with Gasteiger partial charge in [-0.2, -0.15) is 0 Å². The summed E-state index contributed by atoms with van der Waals surface area (Å²) in [6.07, 6.45) is -0.849. The molecular formula is C12H26O4Si. The van der Waals surface area contributed by atoms with E-state index in [1.807, 2.05) is 26.9 Å². The molecule has 17 heavy (non-hydrogen) atoms. The van der Waals surface area contributed by atoms with Crippen LogP contribution in [0.2, 0.25) is 18.1 Å². The lowest BCUT2D eigenvalue weighted by Gasteiger charge is -2.38. The highest BCUT2D eigenvalue weighted by atomic mass is 28.4. The summed E-state index contributed by atoms with van der Waals surface area (Å²) in [7, 11) is -2.06. The van der Waals surface area contributed by atoms with Crippen molar-refractivity contribution in [1.82, 2.24) is 0 Å². The molecule has 1 N–H and O–H groups in total. The van der Waals surface area contributed by atoms with Crippen LogP contribution in [0.5, 0.6) is 0 Å². The van der Waals surface area contributed by atoms with Crippen LogP contribution in [0.1, 0.15) is 34.6 Å². The van der Waals surface area contributed by atoms with Gasteiger partial charge in [-0.15, -0.1) is 0 Å². The Bertz CT molecular complexity index is 256. The molecule has 102 valence electrons. The maximum atomic E-state index is 11.1. The molecule has 0 aliphatic carbocycles. The van der Waals surface area contributed by atoms with E-state index >= 15 is 0 Å². The van der Waals surface area contributed by atoms with E-state index in [-0.39, 0.29) is 17.7 Å². The highest BCUT2D eigenvalue weighted by Gasteiger charge is 2.40. The molecule has 1 atom stereocenters. The van der Waals surface area contributed by atoms with Gasteiger partial charge in [0.1, 0.15) is 0 Å². The Kier molecular flexibility index (Phi) is 5.84. The maximum Gasteiger partial charge on any atom is 0.334 e. The van der Waals surface area contributed by atoms with Gasteiger partial charge in [-0.3, -0.25) is 0 Å². The van der Waals surface area contributed by atoms with Gasteiger partial charge in [0.2, 0.25) is 0 Å². The van der Waals surface area contributed by atoms with Crippen molar-refractivity contribution in [1.29, 1.82) is 0 Å². The van der Waals surface area contributed by atoms with Gasteiger partial charge >= 0.3 is 5.97 Å². The van der Waals surface area contributed by atoms with E-state index in [0.717, 1.165) is 0 Å². The summed E-state index contributed by atoms with van der Waals surface area (Å²) >= 11 is 0. The minimum absolute atomic E-state index is 0.00146. The Morgan fingerprint density at radius 1 is 1.29 bits per heavy atom. The molecule has 4 nitrogen and oxygen atoms in total. The van der Waals surface area contributed by atoms with Gasteiger partial charge < -0.3 is 14.3 Å². The molecule has 0 unspecified atom stereocenters. The van der Waals surface area contributed by atoms with Gasteiger partial charge in [0, 0.05) is 0 Å². The fourth-order valence-corrected chi connectivity index (χ4v) is 2.20. The van der Waals surface area contributed by atoms with Crippen molar-refractivity contribution in [3.05, 3.63) is 0 Å². The number of carbonyl (C=O) groups is 1. The normalized spacial score (nSPS) is 15.1. The van der Waals surface area contributed by atoms with Crippen LogP contribution in [-0.4, -0.2) is 38.2 Å². The molecule has 0 spiro atoms. The fourth-order valence-electron chi connectivity index (χ4n) is 0.968. The summed E-state index contributed by atoms with van der Waals surface area (Å²) in [5.41, 5.74) is 0. The summed E-state index contributed by atoms with van der Waals surface area (Å²) in [6.45, 7) is 14.2. The van der Waals surface area contributed by atoms with Crippen LogP contribution < -0.4 is 0 Å². The van der Waals surface area contributed by atoms with E-state index in [4.69, 9.17) is 14.3 Å². The third-order valence-electron chi connectivity index (χ3n) is 3.10. The lowest BCUT2D eigenvalue weighted by molar-refractivity contribution is -0.149. The van der Waals surface area contributed by atoms with E-state index < -0.39 is 20.4 Å². The monoisotopic (exact) mass is 262 g/mol. The zero-order valence-corrected chi connectivity index (χ0v) is 13.0. The first-order valence-corrected chi connectivity index (χ1v) is 8.90.